The topological polar surface area (TPSA) is 126 Å². The number of hydrogen-bond acceptors (Lipinski definition) is 8. The lowest BCUT2D eigenvalue weighted by atomic mass is 9.80. The Morgan fingerprint density at radius 3 is 2.35 bits per heavy atom. The third-order valence-electron chi connectivity index (χ3n) is 5.97. The van der Waals surface area contributed by atoms with E-state index in [0.29, 0.717) is 22.4 Å². The number of hydrogen-bond donors (Lipinski definition) is 1. The molecule has 2 heterocycles. The van der Waals surface area contributed by atoms with E-state index in [2.05, 4.69) is 6.07 Å². The molecule has 2 N–H and O–H groups in total. The number of nitrogens with two attached hydrogens (primary N) is 1. The first-order valence-corrected chi connectivity index (χ1v) is 10.4. The first-order valence-electron chi connectivity index (χ1n) is 10.4. The van der Waals surface area contributed by atoms with Crippen LogP contribution in [0.5, 0.6) is 0 Å². The summed E-state index contributed by atoms with van der Waals surface area (Å²) in [6.45, 7) is 0.264. The van der Waals surface area contributed by atoms with Gasteiger partial charge in [-0.15, -0.1) is 0 Å². The van der Waals surface area contributed by atoms with E-state index in [4.69, 9.17) is 15.2 Å². The Labute approximate surface area is 196 Å². The summed E-state index contributed by atoms with van der Waals surface area (Å²) in [5, 5.41) is 10.1. The Balaban J connectivity index is 2.08. The standard InChI is InChI=1S/C25H22N4O5/c1-28-13-17-15(23(28)30)10-7-11-18(17)29-21(25(32)34-3)20(24(31)33-2)19(16(12-26)22(29)27)14-8-5-4-6-9-14/h4-11,19H,13,27H2,1-3H3. The van der Waals surface area contributed by atoms with Crippen molar-refractivity contribution >= 4 is 23.5 Å². The Kier molecular flexibility index (Phi) is 5.82. The van der Waals surface area contributed by atoms with Crippen LogP contribution in [0.15, 0.2) is 71.2 Å². The lowest BCUT2D eigenvalue weighted by Gasteiger charge is -2.36. The van der Waals surface area contributed by atoms with E-state index in [1.54, 1.807) is 55.6 Å². The number of nitrogens with zero attached hydrogens (tertiary/aromatic N) is 3. The molecule has 9 heteroatoms. The van der Waals surface area contributed by atoms with Crippen molar-refractivity contribution < 1.29 is 23.9 Å². The minimum Gasteiger partial charge on any atom is -0.466 e. The molecular formula is C25H22N4O5. The van der Waals surface area contributed by atoms with Crippen LogP contribution in [0.2, 0.25) is 0 Å². The van der Waals surface area contributed by atoms with Gasteiger partial charge in [-0.25, -0.2) is 9.59 Å². The molecule has 1 amide bonds. The van der Waals surface area contributed by atoms with Gasteiger partial charge in [0.15, 0.2) is 0 Å². The van der Waals surface area contributed by atoms with E-state index in [9.17, 15) is 19.6 Å². The lowest BCUT2D eigenvalue weighted by molar-refractivity contribution is -0.139. The third kappa shape index (κ3) is 3.36. The van der Waals surface area contributed by atoms with Crippen LogP contribution in [0.25, 0.3) is 0 Å². The number of nitriles is 1. The summed E-state index contributed by atoms with van der Waals surface area (Å²) in [6.07, 6.45) is 0. The van der Waals surface area contributed by atoms with Gasteiger partial charge in [-0.05, 0) is 17.7 Å². The van der Waals surface area contributed by atoms with Crippen molar-refractivity contribution in [2.75, 3.05) is 26.2 Å². The minimum absolute atomic E-state index is 0.0418. The van der Waals surface area contributed by atoms with Gasteiger partial charge >= 0.3 is 11.9 Å². The van der Waals surface area contributed by atoms with Crippen LogP contribution < -0.4 is 10.6 Å². The molecule has 0 radical (unpaired) electrons. The largest absolute Gasteiger partial charge is 0.466 e. The highest BCUT2D eigenvalue weighted by atomic mass is 16.5. The Bertz CT molecular complexity index is 1310. The smallest absolute Gasteiger partial charge is 0.355 e. The van der Waals surface area contributed by atoms with Crippen molar-refractivity contribution in [3.63, 3.8) is 0 Å². The van der Waals surface area contributed by atoms with Crippen molar-refractivity contribution in [3.8, 4) is 6.07 Å². The summed E-state index contributed by atoms with van der Waals surface area (Å²) >= 11 is 0. The number of benzene rings is 2. The number of methoxy groups -OCH3 is 2. The number of allylic oxidation sites excluding steroid dienone is 1. The van der Waals surface area contributed by atoms with Gasteiger partial charge in [0.1, 0.15) is 11.5 Å². The number of amides is 1. The van der Waals surface area contributed by atoms with Gasteiger partial charge in [0.25, 0.3) is 5.91 Å². The van der Waals surface area contributed by atoms with Gasteiger partial charge < -0.3 is 20.1 Å². The van der Waals surface area contributed by atoms with Crippen molar-refractivity contribution in [1.82, 2.24) is 4.90 Å². The monoisotopic (exact) mass is 458 g/mol. The fourth-order valence-electron chi connectivity index (χ4n) is 4.43. The highest BCUT2D eigenvalue weighted by molar-refractivity contribution is 6.07. The molecule has 1 atom stereocenters. The summed E-state index contributed by atoms with van der Waals surface area (Å²) in [4.78, 5) is 41.7. The zero-order chi connectivity index (χ0) is 24.6. The van der Waals surface area contributed by atoms with Gasteiger partial charge in [0.05, 0.1) is 43.0 Å². The van der Waals surface area contributed by atoms with Crippen molar-refractivity contribution in [3.05, 3.63) is 87.9 Å². The van der Waals surface area contributed by atoms with E-state index in [1.807, 2.05) is 0 Å². The fraction of sp³-hybridized carbons (Fsp3) is 0.200. The molecule has 2 aliphatic rings. The number of carbonyl (C=O) groups excluding carboxylic acids is 3. The summed E-state index contributed by atoms with van der Waals surface area (Å²) in [6, 6.07) is 15.9. The summed E-state index contributed by atoms with van der Waals surface area (Å²) < 4.78 is 10.1. The number of carbonyl (C=O) groups is 3. The molecule has 0 aromatic heterocycles. The molecular weight excluding hydrogens is 436 g/mol. The van der Waals surface area contributed by atoms with Crippen LogP contribution in [-0.4, -0.2) is 44.0 Å². The number of anilines is 1. The van der Waals surface area contributed by atoms with E-state index in [1.165, 1.54) is 24.0 Å². The molecule has 2 aliphatic heterocycles. The van der Waals surface area contributed by atoms with Gasteiger partial charge in [0, 0.05) is 24.7 Å². The Morgan fingerprint density at radius 1 is 1.06 bits per heavy atom. The van der Waals surface area contributed by atoms with Crippen LogP contribution in [0.1, 0.15) is 27.4 Å². The molecule has 0 fully saturated rings. The van der Waals surface area contributed by atoms with Gasteiger partial charge in [0.2, 0.25) is 0 Å². The van der Waals surface area contributed by atoms with Crippen LogP contribution in [0, 0.1) is 11.3 Å². The molecule has 4 rings (SSSR count). The SMILES string of the molecule is COC(=O)C1=C(C(=O)OC)N(c2cccc3c2CN(C)C3=O)C(N)=C(C#N)C1c1ccccc1. The molecule has 2 aromatic carbocycles. The van der Waals surface area contributed by atoms with Crippen LogP contribution >= 0.6 is 0 Å². The average Bonchev–Trinajstić information content (AvgIpc) is 3.16. The first-order chi connectivity index (χ1) is 16.3. The second kappa shape index (κ2) is 8.75. The molecule has 1 unspecified atom stereocenters. The second-order valence-electron chi connectivity index (χ2n) is 7.80. The maximum Gasteiger partial charge on any atom is 0.355 e. The number of fused-ring (bicyclic) bond motifs is 1. The predicted molar refractivity (Wildman–Crippen MR) is 122 cm³/mol. The highest BCUT2D eigenvalue weighted by Crippen LogP contribution is 2.45. The van der Waals surface area contributed by atoms with Crippen molar-refractivity contribution in [2.24, 2.45) is 5.73 Å². The quantitative estimate of drug-likeness (QED) is 0.691. The maximum atomic E-state index is 13.2. The number of esters is 2. The molecule has 0 spiro atoms. The Morgan fingerprint density at radius 2 is 1.74 bits per heavy atom. The fourth-order valence-corrected chi connectivity index (χ4v) is 4.43. The molecule has 0 bridgehead atoms. The normalized spacial score (nSPS) is 17.5. The van der Waals surface area contributed by atoms with E-state index in [0.717, 1.165) is 0 Å². The van der Waals surface area contributed by atoms with Gasteiger partial charge in [-0.3, -0.25) is 9.69 Å². The van der Waals surface area contributed by atoms with Crippen LogP contribution in [0.3, 0.4) is 0 Å². The second-order valence-corrected chi connectivity index (χ2v) is 7.80. The lowest BCUT2D eigenvalue weighted by Crippen LogP contribution is -2.41. The minimum atomic E-state index is -0.954. The van der Waals surface area contributed by atoms with Crippen LogP contribution in [0.4, 0.5) is 5.69 Å². The zero-order valence-electron chi connectivity index (χ0n) is 18.9. The summed E-state index contributed by atoms with van der Waals surface area (Å²) in [7, 11) is 4.04. The average molecular weight is 458 g/mol. The summed E-state index contributed by atoms with van der Waals surface area (Å²) in [5.41, 5.74) is 8.38. The highest BCUT2D eigenvalue weighted by Gasteiger charge is 2.44. The third-order valence-corrected chi connectivity index (χ3v) is 5.97. The molecule has 0 aliphatic carbocycles. The Hall–Kier alpha value is -4.58. The van der Waals surface area contributed by atoms with E-state index < -0.39 is 17.9 Å². The molecule has 0 saturated carbocycles. The van der Waals surface area contributed by atoms with Gasteiger partial charge in [-0.1, -0.05) is 36.4 Å². The molecule has 172 valence electrons. The maximum absolute atomic E-state index is 13.2. The summed E-state index contributed by atoms with van der Waals surface area (Å²) in [5.74, 6) is -2.82. The van der Waals surface area contributed by atoms with Crippen molar-refractivity contribution in [1.29, 1.82) is 5.26 Å². The van der Waals surface area contributed by atoms with E-state index in [-0.39, 0.29) is 35.1 Å². The predicted octanol–water partition coefficient (Wildman–Crippen LogP) is 2.17. The zero-order valence-corrected chi connectivity index (χ0v) is 18.9. The number of ether oxygens (including phenoxy) is 2. The first kappa shape index (κ1) is 22.6. The molecule has 9 nitrogen and oxygen atoms in total. The number of rotatable bonds is 4. The van der Waals surface area contributed by atoms with Gasteiger partial charge in [-0.2, -0.15) is 5.26 Å². The van der Waals surface area contributed by atoms with Crippen molar-refractivity contribution in [2.45, 2.75) is 12.5 Å². The molecule has 34 heavy (non-hydrogen) atoms. The molecule has 2 aromatic rings. The van der Waals surface area contributed by atoms with Crippen LogP contribution in [-0.2, 0) is 25.6 Å². The van der Waals surface area contributed by atoms with E-state index >= 15 is 0 Å². The molecule has 0 saturated heterocycles.